The SMILES string of the molecule is Cc1ccc(-n2nccn2)c(C(=O)N2CCN(c3nc4cc(Cl)ccc4o3)C(=O)C[C@H]2C)c1. The molecule has 3 heterocycles. The van der Waals surface area contributed by atoms with E-state index in [2.05, 4.69) is 15.2 Å². The van der Waals surface area contributed by atoms with Crippen molar-refractivity contribution in [3.63, 3.8) is 0 Å². The van der Waals surface area contributed by atoms with Gasteiger partial charge in [0.2, 0.25) is 5.91 Å². The van der Waals surface area contributed by atoms with E-state index in [1.54, 1.807) is 35.5 Å². The minimum atomic E-state index is -0.312. The highest BCUT2D eigenvalue weighted by molar-refractivity contribution is 6.31. The van der Waals surface area contributed by atoms with Gasteiger partial charge in [0.15, 0.2) is 5.58 Å². The van der Waals surface area contributed by atoms with E-state index >= 15 is 0 Å². The van der Waals surface area contributed by atoms with Crippen LogP contribution in [-0.4, -0.2) is 55.8 Å². The molecule has 10 heteroatoms. The number of fused-ring (bicyclic) bond motifs is 1. The Bertz CT molecular complexity index is 1350. The quantitative estimate of drug-likeness (QED) is 0.459. The largest absolute Gasteiger partial charge is 0.423 e. The maximum absolute atomic E-state index is 13.6. The first-order valence-corrected chi connectivity index (χ1v) is 10.9. The van der Waals surface area contributed by atoms with Gasteiger partial charge in [0.25, 0.3) is 5.91 Å². The highest BCUT2D eigenvalue weighted by Crippen LogP contribution is 2.27. The molecule has 1 aliphatic heterocycles. The molecule has 9 nitrogen and oxygen atoms in total. The molecule has 33 heavy (non-hydrogen) atoms. The van der Waals surface area contributed by atoms with Gasteiger partial charge in [-0.2, -0.15) is 20.0 Å². The summed E-state index contributed by atoms with van der Waals surface area (Å²) in [5, 5.41) is 8.89. The monoisotopic (exact) mass is 464 g/mol. The molecule has 1 aliphatic rings. The molecule has 0 saturated carbocycles. The van der Waals surface area contributed by atoms with Crippen molar-refractivity contribution in [2.45, 2.75) is 26.3 Å². The van der Waals surface area contributed by atoms with Gasteiger partial charge in [-0.3, -0.25) is 14.5 Å². The summed E-state index contributed by atoms with van der Waals surface area (Å²) in [7, 11) is 0. The molecule has 5 rings (SSSR count). The molecule has 2 amide bonds. The summed E-state index contributed by atoms with van der Waals surface area (Å²) in [4.78, 5) is 35.7. The number of aromatic nitrogens is 4. The number of nitrogens with zero attached hydrogens (tertiary/aromatic N) is 6. The number of carbonyl (C=O) groups is 2. The van der Waals surface area contributed by atoms with E-state index in [1.165, 1.54) is 9.70 Å². The second-order valence-corrected chi connectivity index (χ2v) is 8.48. The summed E-state index contributed by atoms with van der Waals surface area (Å²) in [6.07, 6.45) is 3.27. The van der Waals surface area contributed by atoms with Gasteiger partial charge >= 0.3 is 6.01 Å². The minimum Gasteiger partial charge on any atom is -0.423 e. The number of amides is 2. The van der Waals surface area contributed by atoms with Crippen molar-refractivity contribution in [3.05, 3.63) is 64.9 Å². The Hall–Kier alpha value is -3.72. The van der Waals surface area contributed by atoms with Crippen molar-refractivity contribution in [1.82, 2.24) is 24.9 Å². The number of halogens is 1. The third-order valence-corrected chi connectivity index (χ3v) is 5.95. The van der Waals surface area contributed by atoms with E-state index in [0.717, 1.165) is 5.56 Å². The number of rotatable bonds is 3. The molecule has 2 aromatic heterocycles. The smallest absolute Gasteiger partial charge is 0.305 e. The molecule has 1 fully saturated rings. The predicted molar refractivity (Wildman–Crippen MR) is 123 cm³/mol. The second kappa shape index (κ2) is 8.32. The van der Waals surface area contributed by atoms with E-state index in [4.69, 9.17) is 16.0 Å². The number of hydrogen-bond donors (Lipinski definition) is 0. The van der Waals surface area contributed by atoms with E-state index in [-0.39, 0.29) is 36.8 Å². The van der Waals surface area contributed by atoms with Gasteiger partial charge in [-0.15, -0.1) is 0 Å². The lowest BCUT2D eigenvalue weighted by Gasteiger charge is -2.27. The Labute approximate surface area is 194 Å². The molecule has 0 spiro atoms. The number of benzene rings is 2. The number of oxazole rings is 1. The standard InChI is InChI=1S/C23H21ClN6O3/c1-14-3-5-19(30-25-7-8-26-30)17(11-14)22(32)28-9-10-29(21(31)12-15(28)2)23-27-18-13-16(24)4-6-20(18)33-23/h3-8,11,13,15H,9-10,12H2,1-2H3/t15-/m1/s1. The van der Waals surface area contributed by atoms with Crippen LogP contribution in [-0.2, 0) is 4.79 Å². The van der Waals surface area contributed by atoms with Crippen molar-refractivity contribution in [3.8, 4) is 5.69 Å². The van der Waals surface area contributed by atoms with Crippen molar-refractivity contribution in [2.24, 2.45) is 0 Å². The summed E-state index contributed by atoms with van der Waals surface area (Å²) in [6, 6.07) is 10.6. The van der Waals surface area contributed by atoms with Crippen LogP contribution < -0.4 is 4.90 Å². The first-order valence-electron chi connectivity index (χ1n) is 10.6. The summed E-state index contributed by atoms with van der Waals surface area (Å²) in [5.74, 6) is -0.342. The fourth-order valence-electron chi connectivity index (χ4n) is 4.02. The van der Waals surface area contributed by atoms with E-state index in [9.17, 15) is 9.59 Å². The molecule has 0 N–H and O–H groups in total. The Morgan fingerprint density at radius 2 is 1.91 bits per heavy atom. The molecule has 2 aromatic carbocycles. The van der Waals surface area contributed by atoms with Crippen LogP contribution in [0.5, 0.6) is 0 Å². The zero-order chi connectivity index (χ0) is 23.1. The van der Waals surface area contributed by atoms with Crippen molar-refractivity contribution in [2.75, 3.05) is 18.0 Å². The zero-order valence-electron chi connectivity index (χ0n) is 18.1. The number of aryl methyl sites for hydroxylation is 1. The molecular formula is C23H21ClN6O3. The summed E-state index contributed by atoms with van der Waals surface area (Å²) in [5.41, 5.74) is 3.14. The van der Waals surface area contributed by atoms with Crippen molar-refractivity contribution < 1.29 is 14.0 Å². The van der Waals surface area contributed by atoms with E-state index in [0.29, 0.717) is 33.9 Å². The van der Waals surface area contributed by atoms with Crippen LogP contribution in [0.2, 0.25) is 5.02 Å². The fourth-order valence-corrected chi connectivity index (χ4v) is 4.19. The molecule has 0 aliphatic carbocycles. The Morgan fingerprint density at radius 1 is 1.12 bits per heavy atom. The predicted octanol–water partition coefficient (Wildman–Crippen LogP) is 3.64. The molecule has 0 bridgehead atoms. The van der Waals surface area contributed by atoms with Crippen molar-refractivity contribution in [1.29, 1.82) is 0 Å². The molecular weight excluding hydrogens is 444 g/mol. The van der Waals surface area contributed by atoms with Crippen LogP contribution in [0.4, 0.5) is 6.01 Å². The lowest BCUT2D eigenvalue weighted by atomic mass is 10.1. The van der Waals surface area contributed by atoms with Gasteiger partial charge < -0.3 is 9.32 Å². The first-order chi connectivity index (χ1) is 15.9. The van der Waals surface area contributed by atoms with Crippen LogP contribution in [0.1, 0.15) is 29.3 Å². The number of anilines is 1. The average Bonchev–Trinajstić information content (AvgIpc) is 3.43. The summed E-state index contributed by atoms with van der Waals surface area (Å²) >= 11 is 6.04. The van der Waals surface area contributed by atoms with Gasteiger partial charge in [-0.25, -0.2) is 0 Å². The maximum atomic E-state index is 13.6. The van der Waals surface area contributed by atoms with Crippen LogP contribution in [0.15, 0.2) is 53.2 Å². The van der Waals surface area contributed by atoms with E-state index in [1.807, 2.05) is 32.0 Å². The van der Waals surface area contributed by atoms with Crippen LogP contribution in [0, 0.1) is 6.92 Å². The third-order valence-electron chi connectivity index (χ3n) is 5.71. The first kappa shape index (κ1) is 21.1. The minimum absolute atomic E-state index is 0.145. The third kappa shape index (κ3) is 3.95. The molecule has 1 saturated heterocycles. The van der Waals surface area contributed by atoms with Gasteiger partial charge in [-0.1, -0.05) is 23.2 Å². The van der Waals surface area contributed by atoms with Gasteiger partial charge in [0, 0.05) is 30.6 Å². The average molecular weight is 465 g/mol. The lowest BCUT2D eigenvalue weighted by molar-refractivity contribution is -0.119. The Balaban J connectivity index is 1.45. The summed E-state index contributed by atoms with van der Waals surface area (Å²) in [6.45, 7) is 4.38. The van der Waals surface area contributed by atoms with E-state index < -0.39 is 0 Å². The number of carbonyl (C=O) groups excluding carboxylic acids is 2. The zero-order valence-corrected chi connectivity index (χ0v) is 18.9. The molecule has 1 atom stereocenters. The second-order valence-electron chi connectivity index (χ2n) is 8.04. The molecule has 168 valence electrons. The highest BCUT2D eigenvalue weighted by Gasteiger charge is 2.33. The van der Waals surface area contributed by atoms with Crippen molar-refractivity contribution >= 4 is 40.5 Å². The molecule has 0 radical (unpaired) electrons. The van der Waals surface area contributed by atoms with Crippen LogP contribution in [0.25, 0.3) is 16.8 Å². The normalized spacial score (nSPS) is 16.9. The van der Waals surface area contributed by atoms with Gasteiger partial charge in [-0.05, 0) is 44.2 Å². The van der Waals surface area contributed by atoms with Crippen LogP contribution in [0.3, 0.4) is 0 Å². The topological polar surface area (TPSA) is 97.4 Å². The number of hydrogen-bond acceptors (Lipinski definition) is 6. The molecule has 4 aromatic rings. The molecule has 0 unspecified atom stereocenters. The van der Waals surface area contributed by atoms with Gasteiger partial charge in [0.1, 0.15) is 5.52 Å². The fraction of sp³-hybridized carbons (Fsp3) is 0.261. The Morgan fingerprint density at radius 3 is 2.70 bits per heavy atom. The Kier molecular flexibility index (Phi) is 5.33. The lowest BCUT2D eigenvalue weighted by Crippen LogP contribution is -2.40. The maximum Gasteiger partial charge on any atom is 0.305 e. The highest BCUT2D eigenvalue weighted by atomic mass is 35.5. The van der Waals surface area contributed by atoms with Crippen LogP contribution >= 0.6 is 11.6 Å². The van der Waals surface area contributed by atoms with Gasteiger partial charge in [0.05, 0.1) is 23.6 Å². The summed E-state index contributed by atoms with van der Waals surface area (Å²) < 4.78 is 5.80.